The van der Waals surface area contributed by atoms with E-state index in [9.17, 15) is 4.39 Å². The van der Waals surface area contributed by atoms with E-state index in [0.717, 1.165) is 5.56 Å². The maximum absolute atomic E-state index is 12.5. The van der Waals surface area contributed by atoms with E-state index in [-0.39, 0.29) is 0 Å². The van der Waals surface area contributed by atoms with Crippen LogP contribution in [0, 0.1) is 11.9 Å². The normalized spacial score (nSPS) is 9.90. The number of hydrogen-bond donors (Lipinski definition) is 0. The molecule has 0 fully saturated rings. The summed E-state index contributed by atoms with van der Waals surface area (Å²) in [5.74, 6) is -0.415. The van der Waals surface area contributed by atoms with Gasteiger partial charge in [-0.25, -0.2) is 4.39 Å². The Labute approximate surface area is 72.1 Å². The van der Waals surface area contributed by atoms with E-state index in [1.54, 1.807) is 6.07 Å². The van der Waals surface area contributed by atoms with Gasteiger partial charge in [-0.15, -0.1) is 0 Å². The minimum absolute atomic E-state index is 0.314. The van der Waals surface area contributed by atoms with Gasteiger partial charge in [0.05, 0.1) is 5.02 Å². The third kappa shape index (κ3) is 1.96. The topological polar surface area (TPSA) is 0 Å². The molecule has 0 aliphatic carbocycles. The highest BCUT2D eigenvalue weighted by Gasteiger charge is 1.96. The third-order valence-corrected chi connectivity index (χ3v) is 1.87. The van der Waals surface area contributed by atoms with Crippen molar-refractivity contribution in [3.63, 3.8) is 0 Å². The molecular formula is C7H4BrClF. The zero-order chi connectivity index (χ0) is 7.56. The van der Waals surface area contributed by atoms with E-state index < -0.39 is 5.82 Å². The predicted molar refractivity (Wildman–Crippen MR) is 42.9 cm³/mol. The van der Waals surface area contributed by atoms with E-state index >= 15 is 0 Å². The van der Waals surface area contributed by atoms with Crippen LogP contribution in [0.3, 0.4) is 0 Å². The summed E-state index contributed by atoms with van der Waals surface area (Å²) in [7, 11) is 0. The average molecular weight is 222 g/mol. The van der Waals surface area contributed by atoms with Crippen LogP contribution in [-0.4, -0.2) is 0 Å². The Morgan fingerprint density at radius 1 is 1.60 bits per heavy atom. The maximum Gasteiger partial charge on any atom is 0.132 e. The largest absolute Gasteiger partial charge is 0.206 e. The highest BCUT2D eigenvalue weighted by Crippen LogP contribution is 2.14. The molecule has 1 aromatic carbocycles. The van der Waals surface area contributed by atoms with Gasteiger partial charge in [-0.05, 0) is 17.7 Å². The Kier molecular flexibility index (Phi) is 2.69. The molecule has 1 aromatic rings. The molecule has 0 bridgehead atoms. The predicted octanol–water partition coefficient (Wildman–Crippen LogP) is 3.17. The van der Waals surface area contributed by atoms with Gasteiger partial charge in [-0.3, -0.25) is 0 Å². The Morgan fingerprint density at radius 3 is 2.80 bits per heavy atom. The molecule has 0 heterocycles. The fourth-order valence-electron chi connectivity index (χ4n) is 0.631. The molecule has 10 heavy (non-hydrogen) atoms. The van der Waals surface area contributed by atoms with Crippen LogP contribution in [0.2, 0.25) is 5.02 Å². The molecule has 0 N–H and O–H groups in total. The van der Waals surface area contributed by atoms with Crippen molar-refractivity contribution in [2.75, 3.05) is 0 Å². The molecule has 0 saturated carbocycles. The van der Waals surface area contributed by atoms with Gasteiger partial charge in [-0.1, -0.05) is 27.5 Å². The van der Waals surface area contributed by atoms with E-state index in [1.165, 1.54) is 6.07 Å². The zero-order valence-electron chi connectivity index (χ0n) is 5.00. The lowest BCUT2D eigenvalue weighted by Crippen LogP contribution is -1.80. The molecular weight excluding hydrogens is 218 g/mol. The van der Waals surface area contributed by atoms with Crippen LogP contribution in [0.15, 0.2) is 12.1 Å². The number of benzene rings is 1. The van der Waals surface area contributed by atoms with Crippen LogP contribution in [0.5, 0.6) is 0 Å². The summed E-state index contributed by atoms with van der Waals surface area (Å²) in [6, 6.07) is 5.38. The van der Waals surface area contributed by atoms with E-state index in [1.807, 2.05) is 0 Å². The lowest BCUT2D eigenvalue weighted by molar-refractivity contribution is 0.624. The second-order valence-electron chi connectivity index (χ2n) is 1.82. The van der Waals surface area contributed by atoms with Crippen molar-refractivity contribution in [1.82, 2.24) is 0 Å². The summed E-state index contributed by atoms with van der Waals surface area (Å²) < 4.78 is 12.5. The Balaban J connectivity index is 3.06. The number of rotatable bonds is 1. The van der Waals surface area contributed by atoms with Gasteiger partial charge in [-0.2, -0.15) is 0 Å². The van der Waals surface area contributed by atoms with Gasteiger partial charge >= 0.3 is 0 Å². The van der Waals surface area contributed by atoms with Gasteiger partial charge in [0.25, 0.3) is 0 Å². The lowest BCUT2D eigenvalue weighted by Gasteiger charge is -1.95. The first-order valence-electron chi connectivity index (χ1n) is 2.65. The molecule has 0 aliphatic heterocycles. The fraction of sp³-hybridized carbons (Fsp3) is 0.143. The van der Waals surface area contributed by atoms with Crippen LogP contribution in [0.25, 0.3) is 0 Å². The van der Waals surface area contributed by atoms with Crippen LogP contribution >= 0.6 is 27.5 Å². The third-order valence-electron chi connectivity index (χ3n) is 1.02. The molecule has 0 aromatic heterocycles. The van der Waals surface area contributed by atoms with Crippen molar-refractivity contribution < 1.29 is 4.39 Å². The van der Waals surface area contributed by atoms with Gasteiger partial charge in [0.15, 0.2) is 0 Å². The molecule has 1 radical (unpaired) electrons. The van der Waals surface area contributed by atoms with Crippen molar-refractivity contribution >= 4 is 27.5 Å². The summed E-state index contributed by atoms with van der Waals surface area (Å²) in [6.07, 6.45) is 0. The molecule has 53 valence electrons. The summed E-state index contributed by atoms with van der Waals surface area (Å²) in [5.41, 5.74) is 0.821. The minimum atomic E-state index is -0.415. The van der Waals surface area contributed by atoms with Crippen LogP contribution in [0.1, 0.15) is 5.56 Å². The monoisotopic (exact) mass is 221 g/mol. The van der Waals surface area contributed by atoms with Crippen molar-refractivity contribution in [2.45, 2.75) is 5.33 Å². The second kappa shape index (κ2) is 3.35. The van der Waals surface area contributed by atoms with Crippen molar-refractivity contribution in [3.8, 4) is 0 Å². The summed E-state index contributed by atoms with van der Waals surface area (Å²) in [4.78, 5) is 0. The molecule has 0 aliphatic rings. The highest BCUT2D eigenvalue weighted by molar-refractivity contribution is 9.08. The quantitative estimate of drug-likeness (QED) is 0.640. The highest BCUT2D eigenvalue weighted by atomic mass is 79.9. The second-order valence-corrected chi connectivity index (χ2v) is 2.79. The van der Waals surface area contributed by atoms with Crippen molar-refractivity contribution in [3.05, 3.63) is 34.6 Å². The molecule has 0 nitrogen and oxygen atoms in total. The molecule has 0 unspecified atom stereocenters. The molecule has 0 spiro atoms. The fourth-order valence-corrected chi connectivity index (χ4v) is 1.18. The number of alkyl halides is 1. The summed E-state index contributed by atoms with van der Waals surface area (Å²) in [6.45, 7) is 0. The molecule has 3 heteroatoms. The van der Waals surface area contributed by atoms with E-state index in [0.29, 0.717) is 10.4 Å². The molecule has 0 saturated heterocycles. The van der Waals surface area contributed by atoms with Gasteiger partial charge in [0.1, 0.15) is 5.82 Å². The van der Waals surface area contributed by atoms with Crippen LogP contribution in [-0.2, 0) is 5.33 Å². The Morgan fingerprint density at radius 2 is 2.30 bits per heavy atom. The standard InChI is InChI=1S/C7H4BrClF/c8-4-5-1-6(9)3-7(10)2-5/h1-2H,4H2. The molecule has 0 amide bonds. The SMILES string of the molecule is Fc1[c]c(Cl)cc(CBr)c1. The van der Waals surface area contributed by atoms with Crippen molar-refractivity contribution in [1.29, 1.82) is 0 Å². The first-order chi connectivity index (χ1) is 4.72. The average Bonchev–Trinajstić information content (AvgIpc) is 1.85. The first kappa shape index (κ1) is 8.02. The van der Waals surface area contributed by atoms with E-state index in [4.69, 9.17) is 11.6 Å². The molecule has 1 rings (SSSR count). The van der Waals surface area contributed by atoms with Gasteiger partial charge in [0, 0.05) is 11.4 Å². The minimum Gasteiger partial charge on any atom is -0.206 e. The maximum atomic E-state index is 12.5. The summed E-state index contributed by atoms with van der Waals surface area (Å²) >= 11 is 8.70. The molecule has 0 atom stereocenters. The van der Waals surface area contributed by atoms with Crippen LogP contribution < -0.4 is 0 Å². The Bertz CT molecular complexity index is 217. The van der Waals surface area contributed by atoms with E-state index in [2.05, 4.69) is 22.0 Å². The summed E-state index contributed by atoms with van der Waals surface area (Å²) in [5, 5.41) is 0.924. The lowest BCUT2D eigenvalue weighted by atomic mass is 10.2. The number of hydrogen-bond acceptors (Lipinski definition) is 0. The Hall–Kier alpha value is -0.0800. The van der Waals surface area contributed by atoms with Crippen molar-refractivity contribution in [2.24, 2.45) is 0 Å². The zero-order valence-corrected chi connectivity index (χ0v) is 7.34. The number of halogens is 3. The first-order valence-corrected chi connectivity index (χ1v) is 4.15. The van der Waals surface area contributed by atoms with Gasteiger partial charge in [0.2, 0.25) is 0 Å². The smallest absolute Gasteiger partial charge is 0.132 e. The van der Waals surface area contributed by atoms with Gasteiger partial charge < -0.3 is 0 Å². The van der Waals surface area contributed by atoms with Crippen LogP contribution in [0.4, 0.5) is 4.39 Å².